The van der Waals surface area contributed by atoms with E-state index in [9.17, 15) is 4.79 Å². The molecule has 2 aliphatic heterocycles. The zero-order chi connectivity index (χ0) is 20.0. The number of fused-ring (bicyclic) bond motifs is 1. The molecule has 1 N–H and O–H groups in total. The topological polar surface area (TPSA) is 41.6 Å². The van der Waals surface area contributed by atoms with Crippen molar-refractivity contribution in [2.24, 2.45) is 5.92 Å². The number of piperidine rings is 1. The molecule has 5 heteroatoms. The molecule has 1 saturated carbocycles. The maximum atomic E-state index is 12.3. The molecule has 2 fully saturated rings. The van der Waals surface area contributed by atoms with Gasteiger partial charge in [0, 0.05) is 34.7 Å². The number of nitrogens with zero attached hydrogens (tertiary/aromatic N) is 1. The first-order valence-electron chi connectivity index (χ1n) is 10.7. The van der Waals surface area contributed by atoms with E-state index in [1.54, 1.807) is 0 Å². The van der Waals surface area contributed by atoms with Crippen molar-refractivity contribution in [2.75, 3.05) is 25.0 Å². The van der Waals surface area contributed by atoms with Crippen LogP contribution in [0.25, 0.3) is 0 Å². The summed E-state index contributed by atoms with van der Waals surface area (Å²) in [6, 6.07) is 13.0. The summed E-state index contributed by atoms with van der Waals surface area (Å²) in [5.74, 6) is 2.24. The molecular formula is C24H27BrN2O2. The number of hydrogen-bond acceptors (Lipinski definition) is 3. The largest absolute Gasteiger partial charge is 0.491 e. The quantitative estimate of drug-likeness (QED) is 0.670. The van der Waals surface area contributed by atoms with Gasteiger partial charge in [0.1, 0.15) is 12.4 Å². The summed E-state index contributed by atoms with van der Waals surface area (Å²) in [7, 11) is 0. The van der Waals surface area contributed by atoms with Crippen LogP contribution >= 0.6 is 15.9 Å². The van der Waals surface area contributed by atoms with Crippen molar-refractivity contribution in [3.05, 3.63) is 57.6 Å². The summed E-state index contributed by atoms with van der Waals surface area (Å²) in [5.41, 5.74) is 5.02. The molecule has 4 nitrogen and oxygen atoms in total. The molecular weight excluding hydrogens is 428 g/mol. The minimum absolute atomic E-state index is 0.154. The van der Waals surface area contributed by atoms with Gasteiger partial charge in [-0.25, -0.2) is 0 Å². The average molecular weight is 455 g/mol. The number of carbonyl (C=O) groups excluding carboxylic acids is 1. The number of nitrogens with one attached hydrogen (secondary N) is 1. The van der Waals surface area contributed by atoms with Gasteiger partial charge < -0.3 is 15.0 Å². The second-order valence-corrected chi connectivity index (χ2v) is 9.46. The Hall–Kier alpha value is -2.01. The van der Waals surface area contributed by atoms with E-state index >= 15 is 0 Å². The number of carbonyl (C=O) groups is 1. The third kappa shape index (κ3) is 3.77. The lowest BCUT2D eigenvalue weighted by Crippen LogP contribution is -2.38. The Morgan fingerprint density at radius 1 is 1.14 bits per heavy atom. The fraction of sp³-hybridized carbons (Fsp3) is 0.458. The molecule has 0 spiro atoms. The van der Waals surface area contributed by atoms with E-state index in [0.717, 1.165) is 54.7 Å². The molecule has 1 saturated heterocycles. The standard InChI is InChI=1S/C24H27BrN2O2/c1-15-13-18(16-9-11-27(12-10-16)24(28)17-5-6-17)7-8-20(15)26-21-14-29-22-4-2-3-19(25)23(21)22/h2-4,7-8,13,16-17,21,26H,5-6,9-12,14H2,1H3. The van der Waals surface area contributed by atoms with Crippen LogP contribution < -0.4 is 10.1 Å². The van der Waals surface area contributed by atoms with Gasteiger partial charge in [-0.15, -0.1) is 0 Å². The smallest absolute Gasteiger partial charge is 0.225 e. The first kappa shape index (κ1) is 19.0. The van der Waals surface area contributed by atoms with Crippen LogP contribution in [0.1, 0.15) is 54.3 Å². The van der Waals surface area contributed by atoms with E-state index in [1.165, 1.54) is 16.7 Å². The van der Waals surface area contributed by atoms with Gasteiger partial charge in [-0.05, 0) is 67.9 Å². The Labute approximate surface area is 180 Å². The molecule has 2 aromatic rings. The van der Waals surface area contributed by atoms with Crippen LogP contribution in [0.3, 0.4) is 0 Å². The number of anilines is 1. The van der Waals surface area contributed by atoms with Crippen molar-refractivity contribution in [1.29, 1.82) is 0 Å². The Bertz CT molecular complexity index is 932. The van der Waals surface area contributed by atoms with Gasteiger partial charge >= 0.3 is 0 Å². The molecule has 0 radical (unpaired) electrons. The molecule has 0 aromatic heterocycles. The first-order chi connectivity index (χ1) is 14.1. The van der Waals surface area contributed by atoms with Crippen LogP contribution in [0.4, 0.5) is 5.69 Å². The van der Waals surface area contributed by atoms with E-state index in [4.69, 9.17) is 4.74 Å². The summed E-state index contributed by atoms with van der Waals surface area (Å²) in [5, 5.41) is 3.67. The second kappa shape index (κ2) is 7.67. The molecule has 5 rings (SSSR count). The van der Waals surface area contributed by atoms with Crippen LogP contribution in [0.5, 0.6) is 5.75 Å². The lowest BCUT2D eigenvalue weighted by atomic mass is 9.88. The fourth-order valence-electron chi connectivity index (χ4n) is 4.66. The van der Waals surface area contributed by atoms with Gasteiger partial charge in [-0.2, -0.15) is 0 Å². The van der Waals surface area contributed by atoms with Crippen LogP contribution in [0.2, 0.25) is 0 Å². The van der Waals surface area contributed by atoms with Gasteiger partial charge in [0.2, 0.25) is 5.91 Å². The summed E-state index contributed by atoms with van der Waals surface area (Å²) in [6.07, 6.45) is 4.34. The minimum atomic E-state index is 0.154. The molecule has 2 aromatic carbocycles. The molecule has 29 heavy (non-hydrogen) atoms. The highest BCUT2D eigenvalue weighted by Crippen LogP contribution is 2.40. The monoisotopic (exact) mass is 454 g/mol. The molecule has 152 valence electrons. The van der Waals surface area contributed by atoms with Crippen molar-refractivity contribution >= 4 is 27.5 Å². The highest BCUT2D eigenvalue weighted by atomic mass is 79.9. The Kier molecular flexibility index (Phi) is 5.02. The second-order valence-electron chi connectivity index (χ2n) is 8.61. The maximum absolute atomic E-state index is 12.3. The van der Waals surface area contributed by atoms with Gasteiger partial charge in [0.25, 0.3) is 0 Å². The first-order valence-corrected chi connectivity index (χ1v) is 11.5. The minimum Gasteiger partial charge on any atom is -0.491 e. The molecule has 0 bridgehead atoms. The van der Waals surface area contributed by atoms with E-state index < -0.39 is 0 Å². The Balaban J connectivity index is 1.25. The van der Waals surface area contributed by atoms with E-state index in [1.807, 2.05) is 12.1 Å². The maximum Gasteiger partial charge on any atom is 0.225 e. The third-order valence-electron chi connectivity index (χ3n) is 6.55. The van der Waals surface area contributed by atoms with Gasteiger partial charge in [0.15, 0.2) is 0 Å². The van der Waals surface area contributed by atoms with Crippen molar-refractivity contribution in [3.63, 3.8) is 0 Å². The molecule has 1 aliphatic carbocycles. The highest BCUT2D eigenvalue weighted by Gasteiger charge is 2.35. The SMILES string of the molecule is Cc1cc(C2CCN(C(=O)C3CC3)CC2)ccc1NC1COc2cccc(Br)c21. The summed E-state index contributed by atoms with van der Waals surface area (Å²) >= 11 is 3.66. The predicted octanol–water partition coefficient (Wildman–Crippen LogP) is 5.42. The van der Waals surface area contributed by atoms with Crippen LogP contribution in [-0.4, -0.2) is 30.5 Å². The number of halogens is 1. The molecule has 3 aliphatic rings. The zero-order valence-corrected chi connectivity index (χ0v) is 18.4. The summed E-state index contributed by atoms with van der Waals surface area (Å²) < 4.78 is 6.94. The Morgan fingerprint density at radius 3 is 2.66 bits per heavy atom. The van der Waals surface area contributed by atoms with E-state index in [0.29, 0.717) is 24.3 Å². The van der Waals surface area contributed by atoms with Crippen molar-refractivity contribution in [1.82, 2.24) is 4.90 Å². The number of rotatable bonds is 4. The highest BCUT2D eigenvalue weighted by molar-refractivity contribution is 9.10. The molecule has 1 unspecified atom stereocenters. The van der Waals surface area contributed by atoms with Crippen LogP contribution in [-0.2, 0) is 4.79 Å². The normalized spacial score (nSPS) is 21.6. The third-order valence-corrected chi connectivity index (χ3v) is 7.24. The van der Waals surface area contributed by atoms with Crippen molar-refractivity contribution in [2.45, 2.75) is 44.6 Å². The molecule has 2 heterocycles. The number of amides is 1. The van der Waals surface area contributed by atoms with Crippen molar-refractivity contribution < 1.29 is 9.53 Å². The summed E-state index contributed by atoms with van der Waals surface area (Å²) in [4.78, 5) is 14.4. The van der Waals surface area contributed by atoms with Gasteiger partial charge in [0.05, 0.1) is 6.04 Å². The number of hydrogen-bond donors (Lipinski definition) is 1. The van der Waals surface area contributed by atoms with Crippen molar-refractivity contribution in [3.8, 4) is 5.75 Å². The molecule has 1 atom stereocenters. The van der Waals surface area contributed by atoms with Gasteiger partial charge in [-0.1, -0.05) is 34.1 Å². The Morgan fingerprint density at radius 2 is 1.93 bits per heavy atom. The van der Waals surface area contributed by atoms with Gasteiger partial charge in [-0.3, -0.25) is 4.79 Å². The molecule has 1 amide bonds. The lowest BCUT2D eigenvalue weighted by Gasteiger charge is -2.32. The summed E-state index contributed by atoms with van der Waals surface area (Å²) in [6.45, 7) is 4.63. The van der Waals surface area contributed by atoms with Crippen LogP contribution in [0.15, 0.2) is 40.9 Å². The van der Waals surface area contributed by atoms with E-state index in [2.05, 4.69) is 57.3 Å². The zero-order valence-electron chi connectivity index (χ0n) is 16.8. The number of aryl methyl sites for hydroxylation is 1. The van der Waals surface area contributed by atoms with E-state index in [-0.39, 0.29) is 6.04 Å². The lowest BCUT2D eigenvalue weighted by molar-refractivity contribution is -0.133. The predicted molar refractivity (Wildman–Crippen MR) is 118 cm³/mol. The number of benzene rings is 2. The number of likely N-dealkylation sites (tertiary alicyclic amines) is 1. The fourth-order valence-corrected chi connectivity index (χ4v) is 5.29. The van der Waals surface area contributed by atoms with Crippen LogP contribution in [0, 0.1) is 12.8 Å². The number of ether oxygens (including phenoxy) is 1. The average Bonchev–Trinajstić information content (AvgIpc) is 3.50.